The third-order valence-corrected chi connectivity index (χ3v) is 3.59. The number of aromatic nitrogens is 1. The highest BCUT2D eigenvalue weighted by Gasteiger charge is 2.36. The van der Waals surface area contributed by atoms with Gasteiger partial charge in [-0.05, 0) is 12.5 Å². The molecule has 0 fully saturated rings. The zero-order chi connectivity index (χ0) is 14.8. The summed E-state index contributed by atoms with van der Waals surface area (Å²) >= 11 is 1.15. The van der Waals surface area contributed by atoms with E-state index in [1.807, 2.05) is 24.3 Å². The number of hydrogen-bond donors (Lipinski definition) is 2. The molecule has 0 unspecified atom stereocenters. The van der Waals surface area contributed by atoms with Gasteiger partial charge in [0.2, 0.25) is 0 Å². The number of anilines is 1. The Morgan fingerprint density at radius 2 is 1.95 bits per heavy atom. The number of nitrogens with zero attached hydrogens (tertiary/aromatic N) is 1. The maximum Gasteiger partial charge on any atom is 0.408 e. The van der Waals surface area contributed by atoms with Gasteiger partial charge in [0.15, 0.2) is 5.13 Å². The van der Waals surface area contributed by atoms with Crippen LogP contribution in [0, 0.1) is 0 Å². The second-order valence-corrected chi connectivity index (χ2v) is 5.20. The van der Waals surface area contributed by atoms with E-state index in [-0.39, 0.29) is 5.13 Å². The first kappa shape index (κ1) is 14.8. The Morgan fingerprint density at radius 3 is 2.50 bits per heavy atom. The standard InChI is InChI=1S/C13H14F3N3S/c1-8(13(14,15)16)18-12-19-11(7-20-12)10-4-2-9(6-17)3-5-10/h2-5,7-8H,6,17H2,1H3,(H,18,19)/t8-/m1/s1. The molecule has 3 nitrogen and oxygen atoms in total. The highest BCUT2D eigenvalue weighted by atomic mass is 32.1. The van der Waals surface area contributed by atoms with Gasteiger partial charge in [-0.15, -0.1) is 11.3 Å². The van der Waals surface area contributed by atoms with Crippen LogP contribution < -0.4 is 11.1 Å². The number of halogens is 3. The van der Waals surface area contributed by atoms with Crippen molar-refractivity contribution in [3.05, 3.63) is 35.2 Å². The van der Waals surface area contributed by atoms with Gasteiger partial charge in [-0.2, -0.15) is 13.2 Å². The Bertz CT molecular complexity index is 563. The zero-order valence-electron chi connectivity index (χ0n) is 10.7. The summed E-state index contributed by atoms with van der Waals surface area (Å²) in [6.45, 7) is 1.52. The normalized spacial score (nSPS) is 13.2. The van der Waals surface area contributed by atoms with Gasteiger partial charge in [0.05, 0.1) is 5.69 Å². The fourth-order valence-electron chi connectivity index (χ4n) is 1.55. The molecule has 108 valence electrons. The molecule has 0 aliphatic heterocycles. The predicted molar refractivity (Wildman–Crippen MR) is 74.6 cm³/mol. The Balaban J connectivity index is 2.12. The number of alkyl halides is 3. The summed E-state index contributed by atoms with van der Waals surface area (Å²) in [7, 11) is 0. The molecular formula is C13H14F3N3S. The minimum Gasteiger partial charge on any atom is -0.350 e. The molecule has 2 rings (SSSR count). The van der Waals surface area contributed by atoms with Gasteiger partial charge in [0.25, 0.3) is 0 Å². The monoisotopic (exact) mass is 301 g/mol. The van der Waals surface area contributed by atoms with Crippen molar-refractivity contribution >= 4 is 16.5 Å². The maximum atomic E-state index is 12.5. The van der Waals surface area contributed by atoms with Crippen molar-refractivity contribution in [3.63, 3.8) is 0 Å². The summed E-state index contributed by atoms with van der Waals surface area (Å²) in [5.41, 5.74) is 8.00. The third kappa shape index (κ3) is 3.49. The van der Waals surface area contributed by atoms with Crippen LogP contribution in [0.2, 0.25) is 0 Å². The van der Waals surface area contributed by atoms with Gasteiger partial charge in [-0.25, -0.2) is 4.98 Å². The molecule has 1 heterocycles. The molecule has 0 amide bonds. The fourth-order valence-corrected chi connectivity index (χ4v) is 2.36. The summed E-state index contributed by atoms with van der Waals surface area (Å²) in [6.07, 6.45) is -4.28. The van der Waals surface area contributed by atoms with Crippen LogP contribution in [-0.2, 0) is 6.54 Å². The molecule has 1 aromatic carbocycles. The zero-order valence-corrected chi connectivity index (χ0v) is 11.6. The van der Waals surface area contributed by atoms with Crippen LogP contribution in [0.1, 0.15) is 12.5 Å². The minimum absolute atomic E-state index is 0.257. The molecule has 1 aromatic heterocycles. The largest absolute Gasteiger partial charge is 0.408 e. The smallest absolute Gasteiger partial charge is 0.350 e. The van der Waals surface area contributed by atoms with Crippen molar-refractivity contribution in [1.29, 1.82) is 0 Å². The van der Waals surface area contributed by atoms with E-state index >= 15 is 0 Å². The van der Waals surface area contributed by atoms with E-state index in [1.54, 1.807) is 5.38 Å². The average Bonchev–Trinajstić information content (AvgIpc) is 2.86. The number of rotatable bonds is 4. The van der Waals surface area contributed by atoms with Gasteiger partial charge in [0, 0.05) is 17.5 Å². The SMILES string of the molecule is C[C@@H](Nc1nc(-c2ccc(CN)cc2)cs1)C(F)(F)F. The Hall–Kier alpha value is -1.60. The van der Waals surface area contributed by atoms with Crippen LogP contribution in [0.15, 0.2) is 29.6 Å². The van der Waals surface area contributed by atoms with E-state index in [9.17, 15) is 13.2 Å². The molecule has 0 radical (unpaired) electrons. The molecular weight excluding hydrogens is 287 g/mol. The maximum absolute atomic E-state index is 12.5. The lowest BCUT2D eigenvalue weighted by Crippen LogP contribution is -2.32. The first-order chi connectivity index (χ1) is 9.40. The molecule has 0 bridgehead atoms. The summed E-state index contributed by atoms with van der Waals surface area (Å²) in [6, 6.07) is 5.84. The molecule has 7 heteroatoms. The highest BCUT2D eigenvalue weighted by Crippen LogP contribution is 2.28. The fraction of sp³-hybridized carbons (Fsp3) is 0.308. The predicted octanol–water partition coefficient (Wildman–Crippen LogP) is 3.63. The van der Waals surface area contributed by atoms with Crippen LogP contribution in [-0.4, -0.2) is 17.2 Å². The van der Waals surface area contributed by atoms with Crippen molar-refractivity contribution in [2.45, 2.75) is 25.7 Å². The van der Waals surface area contributed by atoms with Crippen LogP contribution in [0.5, 0.6) is 0 Å². The van der Waals surface area contributed by atoms with E-state index < -0.39 is 12.2 Å². The number of nitrogens with one attached hydrogen (secondary N) is 1. The first-order valence-corrected chi connectivity index (χ1v) is 6.86. The molecule has 3 N–H and O–H groups in total. The molecule has 20 heavy (non-hydrogen) atoms. The second-order valence-electron chi connectivity index (χ2n) is 4.35. The van der Waals surface area contributed by atoms with Crippen LogP contribution in [0.3, 0.4) is 0 Å². The second kappa shape index (κ2) is 5.80. The summed E-state index contributed by atoms with van der Waals surface area (Å²) < 4.78 is 37.4. The van der Waals surface area contributed by atoms with Gasteiger partial charge in [-0.3, -0.25) is 0 Å². The molecule has 0 saturated carbocycles. The molecule has 0 aliphatic carbocycles. The van der Waals surface area contributed by atoms with Gasteiger partial charge < -0.3 is 11.1 Å². The number of thiazole rings is 1. The first-order valence-electron chi connectivity index (χ1n) is 5.98. The lowest BCUT2D eigenvalue weighted by atomic mass is 10.1. The van der Waals surface area contributed by atoms with Gasteiger partial charge >= 0.3 is 6.18 Å². The quantitative estimate of drug-likeness (QED) is 0.906. The van der Waals surface area contributed by atoms with E-state index in [1.165, 1.54) is 0 Å². The number of hydrogen-bond acceptors (Lipinski definition) is 4. The molecule has 0 spiro atoms. The minimum atomic E-state index is -4.28. The lowest BCUT2D eigenvalue weighted by molar-refractivity contribution is -0.138. The summed E-state index contributed by atoms with van der Waals surface area (Å²) in [4.78, 5) is 4.17. The van der Waals surface area contributed by atoms with E-state index in [4.69, 9.17) is 5.73 Å². The average molecular weight is 301 g/mol. The molecule has 0 saturated heterocycles. The third-order valence-electron chi connectivity index (χ3n) is 2.82. The van der Waals surface area contributed by atoms with E-state index in [2.05, 4.69) is 10.3 Å². The van der Waals surface area contributed by atoms with E-state index in [0.717, 1.165) is 29.4 Å². The van der Waals surface area contributed by atoms with Gasteiger partial charge in [0.1, 0.15) is 6.04 Å². The van der Waals surface area contributed by atoms with Crippen molar-refractivity contribution in [3.8, 4) is 11.3 Å². The Labute approximate surface area is 118 Å². The van der Waals surface area contributed by atoms with Crippen molar-refractivity contribution in [2.75, 3.05) is 5.32 Å². The van der Waals surface area contributed by atoms with Crippen LogP contribution in [0.4, 0.5) is 18.3 Å². The molecule has 1 atom stereocenters. The van der Waals surface area contributed by atoms with Crippen molar-refractivity contribution in [1.82, 2.24) is 4.98 Å². The van der Waals surface area contributed by atoms with Crippen molar-refractivity contribution in [2.24, 2.45) is 5.73 Å². The Kier molecular flexibility index (Phi) is 4.29. The van der Waals surface area contributed by atoms with E-state index in [0.29, 0.717) is 12.2 Å². The van der Waals surface area contributed by atoms with Gasteiger partial charge in [-0.1, -0.05) is 24.3 Å². The molecule has 0 aliphatic rings. The lowest BCUT2D eigenvalue weighted by Gasteiger charge is -2.16. The van der Waals surface area contributed by atoms with Crippen LogP contribution in [0.25, 0.3) is 11.3 Å². The number of benzene rings is 1. The topological polar surface area (TPSA) is 50.9 Å². The summed E-state index contributed by atoms with van der Waals surface area (Å²) in [5.74, 6) is 0. The Morgan fingerprint density at radius 1 is 1.30 bits per heavy atom. The van der Waals surface area contributed by atoms with Crippen molar-refractivity contribution < 1.29 is 13.2 Å². The molecule has 2 aromatic rings. The highest BCUT2D eigenvalue weighted by molar-refractivity contribution is 7.14. The number of nitrogens with two attached hydrogens (primary N) is 1. The van der Waals surface area contributed by atoms with Crippen LogP contribution >= 0.6 is 11.3 Å². The summed E-state index contributed by atoms with van der Waals surface area (Å²) in [5, 5.41) is 4.34.